The minimum atomic E-state index is -1.16. The fraction of sp³-hybridized carbons (Fsp3) is 0.385. The Morgan fingerprint density at radius 1 is 1.50 bits per heavy atom. The van der Waals surface area contributed by atoms with Gasteiger partial charge in [-0.15, -0.1) is 0 Å². The van der Waals surface area contributed by atoms with Gasteiger partial charge in [-0.05, 0) is 12.1 Å². The van der Waals surface area contributed by atoms with Crippen LogP contribution in [0, 0.1) is 0 Å². The molecule has 0 radical (unpaired) electrons. The number of thioether (sulfide) groups is 1. The topological polar surface area (TPSA) is 69.6 Å². The summed E-state index contributed by atoms with van der Waals surface area (Å²) in [4.78, 5) is 25.1. The van der Waals surface area contributed by atoms with E-state index in [0.29, 0.717) is 18.3 Å². The Bertz CT molecular complexity index is 538. The number of carbonyl (C=O) groups is 2. The molecule has 2 amide bonds. The van der Waals surface area contributed by atoms with Crippen molar-refractivity contribution >= 4 is 41.1 Å². The summed E-state index contributed by atoms with van der Waals surface area (Å²) >= 11 is 7.69. The summed E-state index contributed by atoms with van der Waals surface area (Å²) in [5.41, 5.74) is 0.142. The Hall–Kier alpha value is -1.40. The molecule has 7 heteroatoms. The number of aromatic carboxylic acids is 1. The van der Waals surface area contributed by atoms with Crippen LogP contribution in [0.3, 0.4) is 0 Å². The third-order valence-electron chi connectivity index (χ3n) is 3.00. The number of amides is 2. The SMILES string of the molecule is CC1CN(C(=O)Nc2cccc(Cl)c2C(=O)O)CCS1. The van der Waals surface area contributed by atoms with Gasteiger partial charge in [-0.1, -0.05) is 24.6 Å². The molecule has 0 aromatic heterocycles. The van der Waals surface area contributed by atoms with Crippen molar-refractivity contribution in [1.82, 2.24) is 4.90 Å². The van der Waals surface area contributed by atoms with Gasteiger partial charge >= 0.3 is 12.0 Å². The van der Waals surface area contributed by atoms with Crippen LogP contribution in [-0.2, 0) is 0 Å². The number of anilines is 1. The van der Waals surface area contributed by atoms with E-state index in [0.717, 1.165) is 5.75 Å². The second kappa shape index (κ2) is 6.37. The molecule has 1 aromatic carbocycles. The van der Waals surface area contributed by atoms with Crippen molar-refractivity contribution < 1.29 is 14.7 Å². The van der Waals surface area contributed by atoms with Gasteiger partial charge in [0.25, 0.3) is 0 Å². The van der Waals surface area contributed by atoms with Gasteiger partial charge < -0.3 is 15.3 Å². The zero-order chi connectivity index (χ0) is 14.7. The number of nitrogens with one attached hydrogen (secondary N) is 1. The van der Waals surface area contributed by atoms with Crippen LogP contribution in [0.25, 0.3) is 0 Å². The molecule has 0 spiro atoms. The van der Waals surface area contributed by atoms with E-state index in [1.165, 1.54) is 12.1 Å². The summed E-state index contributed by atoms with van der Waals surface area (Å²) in [6.45, 7) is 3.37. The molecule has 2 N–H and O–H groups in total. The third-order valence-corrected chi connectivity index (χ3v) is 4.45. The number of rotatable bonds is 2. The first kappa shape index (κ1) is 15.0. The first-order valence-electron chi connectivity index (χ1n) is 6.18. The summed E-state index contributed by atoms with van der Waals surface area (Å²) in [6, 6.07) is 4.34. The summed E-state index contributed by atoms with van der Waals surface area (Å²) in [6.07, 6.45) is 0. The molecule has 1 atom stereocenters. The van der Waals surface area contributed by atoms with Gasteiger partial charge in [-0.3, -0.25) is 0 Å². The lowest BCUT2D eigenvalue weighted by Crippen LogP contribution is -2.43. The van der Waals surface area contributed by atoms with Crippen molar-refractivity contribution in [3.63, 3.8) is 0 Å². The Balaban J connectivity index is 2.15. The monoisotopic (exact) mass is 314 g/mol. The summed E-state index contributed by atoms with van der Waals surface area (Å²) in [5, 5.41) is 12.3. The standard InChI is InChI=1S/C13H15ClN2O3S/c1-8-7-16(5-6-20-8)13(19)15-10-4-2-3-9(14)11(10)12(17)18/h2-4,8H,5-7H2,1H3,(H,15,19)(H,17,18). The number of hydrogen-bond acceptors (Lipinski definition) is 3. The first-order valence-corrected chi connectivity index (χ1v) is 7.61. The molecule has 1 aliphatic rings. The molecule has 2 rings (SSSR count). The minimum Gasteiger partial charge on any atom is -0.478 e. The largest absolute Gasteiger partial charge is 0.478 e. The predicted molar refractivity (Wildman–Crippen MR) is 80.9 cm³/mol. The molecule has 0 aliphatic carbocycles. The van der Waals surface area contributed by atoms with Crippen molar-refractivity contribution in [2.75, 3.05) is 24.2 Å². The predicted octanol–water partition coefficient (Wildman–Crippen LogP) is 3.01. The normalized spacial score (nSPS) is 18.7. The van der Waals surface area contributed by atoms with E-state index in [1.54, 1.807) is 11.0 Å². The highest BCUT2D eigenvalue weighted by molar-refractivity contribution is 7.99. The van der Waals surface area contributed by atoms with Crippen LogP contribution >= 0.6 is 23.4 Å². The maximum absolute atomic E-state index is 12.2. The molecule has 1 saturated heterocycles. The van der Waals surface area contributed by atoms with E-state index in [4.69, 9.17) is 16.7 Å². The number of carboxylic acids is 1. The lowest BCUT2D eigenvalue weighted by molar-refractivity contribution is 0.0698. The first-order chi connectivity index (χ1) is 9.49. The summed E-state index contributed by atoms with van der Waals surface area (Å²) < 4.78 is 0. The second-order valence-electron chi connectivity index (χ2n) is 4.53. The van der Waals surface area contributed by atoms with Crippen LogP contribution in [0.2, 0.25) is 5.02 Å². The van der Waals surface area contributed by atoms with E-state index in [1.807, 2.05) is 11.8 Å². The van der Waals surface area contributed by atoms with Crippen LogP contribution in [-0.4, -0.2) is 46.1 Å². The maximum atomic E-state index is 12.2. The molecular formula is C13H15ClN2O3S. The molecule has 1 aliphatic heterocycles. The summed E-state index contributed by atoms with van der Waals surface area (Å²) in [5.74, 6) is -0.274. The molecule has 108 valence electrons. The van der Waals surface area contributed by atoms with Gasteiger partial charge in [-0.25, -0.2) is 9.59 Å². The summed E-state index contributed by atoms with van der Waals surface area (Å²) in [7, 11) is 0. The van der Waals surface area contributed by atoms with E-state index < -0.39 is 5.97 Å². The van der Waals surface area contributed by atoms with E-state index in [2.05, 4.69) is 12.2 Å². The number of benzene rings is 1. The van der Waals surface area contributed by atoms with E-state index in [-0.39, 0.29) is 22.3 Å². The molecule has 1 aromatic rings. The molecule has 5 nitrogen and oxygen atoms in total. The van der Waals surface area contributed by atoms with Gasteiger partial charge in [0.2, 0.25) is 0 Å². The molecule has 1 heterocycles. The number of nitrogens with zero attached hydrogens (tertiary/aromatic N) is 1. The van der Waals surface area contributed by atoms with Crippen molar-refractivity contribution in [2.24, 2.45) is 0 Å². The smallest absolute Gasteiger partial charge is 0.339 e. The Kier molecular flexibility index (Phi) is 4.77. The second-order valence-corrected chi connectivity index (χ2v) is 6.48. The van der Waals surface area contributed by atoms with Crippen molar-refractivity contribution in [3.8, 4) is 0 Å². The molecule has 1 fully saturated rings. The van der Waals surface area contributed by atoms with Crippen LogP contribution < -0.4 is 5.32 Å². The number of halogens is 1. The van der Waals surface area contributed by atoms with Crippen LogP contribution in [0.1, 0.15) is 17.3 Å². The average molecular weight is 315 g/mol. The number of carboxylic acid groups (broad SMARTS) is 1. The maximum Gasteiger partial charge on any atom is 0.339 e. The van der Waals surface area contributed by atoms with Crippen molar-refractivity contribution in [1.29, 1.82) is 0 Å². The van der Waals surface area contributed by atoms with Crippen LogP contribution in [0.5, 0.6) is 0 Å². The average Bonchev–Trinajstić information content (AvgIpc) is 2.38. The van der Waals surface area contributed by atoms with Gasteiger partial charge in [-0.2, -0.15) is 11.8 Å². The Labute approximate surface area is 126 Å². The lowest BCUT2D eigenvalue weighted by Gasteiger charge is -2.30. The van der Waals surface area contributed by atoms with Gasteiger partial charge in [0, 0.05) is 24.1 Å². The zero-order valence-corrected chi connectivity index (χ0v) is 12.5. The molecule has 0 saturated carbocycles. The highest BCUT2D eigenvalue weighted by atomic mass is 35.5. The zero-order valence-electron chi connectivity index (χ0n) is 10.9. The van der Waals surface area contributed by atoms with Gasteiger partial charge in [0.15, 0.2) is 0 Å². The Morgan fingerprint density at radius 2 is 2.25 bits per heavy atom. The van der Waals surface area contributed by atoms with Gasteiger partial charge in [0.05, 0.1) is 10.7 Å². The Morgan fingerprint density at radius 3 is 2.90 bits per heavy atom. The highest BCUT2D eigenvalue weighted by Crippen LogP contribution is 2.25. The van der Waals surface area contributed by atoms with Crippen LogP contribution in [0.4, 0.5) is 10.5 Å². The number of carbonyl (C=O) groups excluding carboxylic acids is 1. The highest BCUT2D eigenvalue weighted by Gasteiger charge is 2.23. The van der Waals surface area contributed by atoms with Crippen molar-refractivity contribution in [2.45, 2.75) is 12.2 Å². The fourth-order valence-corrected chi connectivity index (χ4v) is 3.31. The molecule has 20 heavy (non-hydrogen) atoms. The van der Waals surface area contributed by atoms with E-state index >= 15 is 0 Å². The lowest BCUT2D eigenvalue weighted by atomic mass is 10.2. The van der Waals surface area contributed by atoms with Crippen LogP contribution in [0.15, 0.2) is 18.2 Å². The van der Waals surface area contributed by atoms with Crippen molar-refractivity contribution in [3.05, 3.63) is 28.8 Å². The quantitative estimate of drug-likeness (QED) is 0.880. The van der Waals surface area contributed by atoms with E-state index in [9.17, 15) is 9.59 Å². The number of hydrogen-bond donors (Lipinski definition) is 2. The minimum absolute atomic E-state index is 0.0815. The third kappa shape index (κ3) is 3.37. The fourth-order valence-electron chi connectivity index (χ4n) is 2.04. The molecule has 1 unspecified atom stereocenters. The molecular weight excluding hydrogens is 300 g/mol. The molecule has 0 bridgehead atoms. The number of urea groups is 1. The van der Waals surface area contributed by atoms with Gasteiger partial charge in [0.1, 0.15) is 5.56 Å².